The SMILES string of the molecule is COc1c(OC)c(OC)c2c3c1CCNc3c(-c1c3c4c(c(OC)c(OC)c(OC)c4c4ccccc14)CCN3)c1ccccc12. The first-order chi connectivity index (χ1) is 22.6. The molecule has 8 rings (SSSR count). The van der Waals surface area contributed by atoms with Gasteiger partial charge in [0.05, 0.1) is 54.0 Å². The van der Waals surface area contributed by atoms with Crippen molar-refractivity contribution in [2.75, 3.05) is 66.4 Å². The van der Waals surface area contributed by atoms with Gasteiger partial charge in [-0.15, -0.1) is 0 Å². The molecular weight excluding hydrogens is 580 g/mol. The topological polar surface area (TPSA) is 79.4 Å². The van der Waals surface area contributed by atoms with Gasteiger partial charge in [-0.1, -0.05) is 48.5 Å². The molecular formula is C38H36N2O6. The van der Waals surface area contributed by atoms with Crippen molar-refractivity contribution in [2.24, 2.45) is 0 Å². The van der Waals surface area contributed by atoms with Gasteiger partial charge in [-0.3, -0.25) is 0 Å². The number of anilines is 2. The molecule has 0 aromatic heterocycles. The molecule has 0 fully saturated rings. The molecule has 0 unspecified atom stereocenters. The van der Waals surface area contributed by atoms with Gasteiger partial charge in [-0.25, -0.2) is 0 Å². The second-order valence-electron chi connectivity index (χ2n) is 11.6. The number of benzene rings is 6. The first-order valence-corrected chi connectivity index (χ1v) is 15.5. The summed E-state index contributed by atoms with van der Waals surface area (Å²) in [6, 6.07) is 17.1. The van der Waals surface area contributed by atoms with Crippen LogP contribution in [0.3, 0.4) is 0 Å². The zero-order valence-electron chi connectivity index (χ0n) is 26.9. The predicted molar refractivity (Wildman–Crippen MR) is 186 cm³/mol. The summed E-state index contributed by atoms with van der Waals surface area (Å²) in [4.78, 5) is 0. The number of hydrogen-bond donors (Lipinski definition) is 2. The highest BCUT2D eigenvalue weighted by Crippen LogP contribution is 2.60. The average Bonchev–Trinajstić information content (AvgIpc) is 3.11. The molecule has 2 aliphatic heterocycles. The van der Waals surface area contributed by atoms with Crippen LogP contribution in [0.2, 0.25) is 0 Å². The van der Waals surface area contributed by atoms with Gasteiger partial charge in [0.2, 0.25) is 11.5 Å². The van der Waals surface area contributed by atoms with Crippen LogP contribution in [0.5, 0.6) is 34.5 Å². The lowest BCUT2D eigenvalue weighted by atomic mass is 9.81. The van der Waals surface area contributed by atoms with Gasteiger partial charge in [-0.05, 0) is 34.4 Å². The minimum Gasteiger partial charge on any atom is -0.492 e. The summed E-state index contributed by atoms with van der Waals surface area (Å²) >= 11 is 0. The summed E-state index contributed by atoms with van der Waals surface area (Å²) in [5, 5.41) is 16.3. The van der Waals surface area contributed by atoms with Gasteiger partial charge >= 0.3 is 0 Å². The summed E-state index contributed by atoms with van der Waals surface area (Å²) in [6.45, 7) is 1.50. The van der Waals surface area contributed by atoms with Gasteiger partial charge in [-0.2, -0.15) is 0 Å². The lowest BCUT2D eigenvalue weighted by Gasteiger charge is -2.32. The first-order valence-electron chi connectivity index (χ1n) is 15.5. The highest BCUT2D eigenvalue weighted by Gasteiger charge is 2.34. The Morgan fingerprint density at radius 2 is 0.761 bits per heavy atom. The van der Waals surface area contributed by atoms with Gasteiger partial charge in [0, 0.05) is 56.9 Å². The third kappa shape index (κ3) is 3.55. The van der Waals surface area contributed by atoms with E-state index in [-0.39, 0.29) is 0 Å². The van der Waals surface area contributed by atoms with E-state index >= 15 is 0 Å². The molecule has 2 heterocycles. The third-order valence-electron chi connectivity index (χ3n) is 9.69. The van der Waals surface area contributed by atoms with E-state index in [1.165, 1.54) is 0 Å². The quantitative estimate of drug-likeness (QED) is 0.175. The standard InChI is InChI=1S/C38H36N2O6/c1-41-33-23-15-17-39-31-25(19-11-7-9-13-21(19)29(27(23)31)35(43-3)37(33)45-5)26-20-12-8-10-14-22(20)30-28-24(16-18-40-32(26)28)34(42-2)38(46-6)36(30)44-4/h7-14,39-40H,15-18H2,1-6H3. The highest BCUT2D eigenvalue weighted by atomic mass is 16.5. The zero-order chi connectivity index (χ0) is 31.7. The van der Waals surface area contributed by atoms with Crippen molar-refractivity contribution in [3.05, 3.63) is 59.7 Å². The summed E-state index contributed by atoms with van der Waals surface area (Å²) < 4.78 is 36.2. The van der Waals surface area contributed by atoms with Crippen LogP contribution < -0.4 is 39.1 Å². The normalized spacial score (nSPS) is 13.4. The minimum atomic E-state index is 0.615. The number of nitrogens with one attached hydrogen (secondary N) is 2. The second kappa shape index (κ2) is 10.7. The largest absolute Gasteiger partial charge is 0.492 e. The Balaban J connectivity index is 1.67. The lowest BCUT2D eigenvalue weighted by Crippen LogP contribution is -2.17. The van der Waals surface area contributed by atoms with Crippen LogP contribution in [0.15, 0.2) is 48.5 Å². The van der Waals surface area contributed by atoms with Crippen molar-refractivity contribution in [2.45, 2.75) is 12.8 Å². The molecule has 0 atom stereocenters. The Morgan fingerprint density at radius 3 is 1.11 bits per heavy atom. The zero-order valence-corrected chi connectivity index (χ0v) is 26.9. The molecule has 2 aliphatic rings. The van der Waals surface area contributed by atoms with E-state index in [0.29, 0.717) is 34.5 Å². The first kappa shape index (κ1) is 28.2. The summed E-state index contributed by atoms with van der Waals surface area (Å²) in [7, 11) is 10.1. The summed E-state index contributed by atoms with van der Waals surface area (Å²) in [6.07, 6.45) is 1.57. The van der Waals surface area contributed by atoms with E-state index in [2.05, 4.69) is 59.2 Å². The van der Waals surface area contributed by atoms with Crippen LogP contribution in [0.4, 0.5) is 11.4 Å². The molecule has 8 heteroatoms. The van der Waals surface area contributed by atoms with E-state index in [1.54, 1.807) is 42.7 Å². The molecule has 2 N–H and O–H groups in total. The van der Waals surface area contributed by atoms with E-state index in [1.807, 2.05) is 0 Å². The van der Waals surface area contributed by atoms with Crippen LogP contribution in [-0.2, 0) is 12.8 Å². The van der Waals surface area contributed by atoms with E-state index in [9.17, 15) is 0 Å². The van der Waals surface area contributed by atoms with Crippen LogP contribution in [0, 0.1) is 0 Å². The van der Waals surface area contributed by atoms with Crippen LogP contribution in [0.1, 0.15) is 11.1 Å². The minimum absolute atomic E-state index is 0.615. The molecule has 6 aromatic carbocycles. The number of fused-ring (bicyclic) bond motifs is 4. The fourth-order valence-electron chi connectivity index (χ4n) is 8.05. The van der Waals surface area contributed by atoms with Crippen LogP contribution in [0.25, 0.3) is 54.2 Å². The maximum atomic E-state index is 6.11. The fourth-order valence-corrected chi connectivity index (χ4v) is 8.05. The molecule has 0 saturated carbocycles. The number of hydrogen-bond acceptors (Lipinski definition) is 8. The molecule has 6 aromatic rings. The molecule has 234 valence electrons. The van der Waals surface area contributed by atoms with Crippen molar-refractivity contribution in [1.29, 1.82) is 0 Å². The summed E-state index contributed by atoms with van der Waals surface area (Å²) in [5.74, 6) is 3.98. The van der Waals surface area contributed by atoms with E-state index in [4.69, 9.17) is 28.4 Å². The van der Waals surface area contributed by atoms with Crippen molar-refractivity contribution < 1.29 is 28.4 Å². The predicted octanol–water partition coefficient (Wildman–Crippen LogP) is 7.95. The highest BCUT2D eigenvalue weighted by molar-refractivity contribution is 6.32. The molecule has 0 amide bonds. The molecule has 0 aliphatic carbocycles. The Hall–Kier alpha value is -5.24. The van der Waals surface area contributed by atoms with Crippen LogP contribution >= 0.6 is 0 Å². The Kier molecular flexibility index (Phi) is 6.56. The van der Waals surface area contributed by atoms with Crippen molar-refractivity contribution in [3.63, 3.8) is 0 Å². The molecule has 0 radical (unpaired) electrons. The van der Waals surface area contributed by atoms with E-state index < -0.39 is 0 Å². The average molecular weight is 617 g/mol. The second-order valence-corrected chi connectivity index (χ2v) is 11.6. The molecule has 8 nitrogen and oxygen atoms in total. The molecule has 46 heavy (non-hydrogen) atoms. The maximum absolute atomic E-state index is 6.11. The molecule has 0 saturated heterocycles. The van der Waals surface area contributed by atoms with E-state index in [0.717, 1.165) is 103 Å². The van der Waals surface area contributed by atoms with Crippen molar-refractivity contribution in [3.8, 4) is 45.6 Å². The van der Waals surface area contributed by atoms with Gasteiger partial charge in [0.1, 0.15) is 0 Å². The fraction of sp³-hybridized carbons (Fsp3) is 0.263. The monoisotopic (exact) mass is 616 g/mol. The Labute approximate surface area is 267 Å². The third-order valence-corrected chi connectivity index (χ3v) is 9.69. The maximum Gasteiger partial charge on any atom is 0.204 e. The molecule has 0 spiro atoms. The van der Waals surface area contributed by atoms with Crippen molar-refractivity contribution in [1.82, 2.24) is 0 Å². The van der Waals surface area contributed by atoms with Crippen molar-refractivity contribution >= 4 is 54.5 Å². The number of ether oxygens (including phenoxy) is 6. The summed E-state index contributed by atoms with van der Waals surface area (Å²) in [5.41, 5.74) is 6.57. The van der Waals surface area contributed by atoms with Gasteiger partial charge in [0.25, 0.3) is 0 Å². The number of rotatable bonds is 7. The Bertz CT molecular complexity index is 2080. The molecule has 0 bridgehead atoms. The number of methoxy groups -OCH3 is 6. The smallest absolute Gasteiger partial charge is 0.204 e. The van der Waals surface area contributed by atoms with Gasteiger partial charge < -0.3 is 39.1 Å². The van der Waals surface area contributed by atoms with Gasteiger partial charge in [0.15, 0.2) is 23.0 Å². The van der Waals surface area contributed by atoms with Crippen LogP contribution in [-0.4, -0.2) is 55.7 Å². The lowest BCUT2D eigenvalue weighted by molar-refractivity contribution is 0.325. The Morgan fingerprint density at radius 1 is 0.413 bits per heavy atom.